The van der Waals surface area contributed by atoms with E-state index in [2.05, 4.69) is 5.32 Å². The lowest BCUT2D eigenvalue weighted by Crippen LogP contribution is -2.12. The molecule has 0 atom stereocenters. The van der Waals surface area contributed by atoms with E-state index in [1.165, 1.54) is 0 Å². The van der Waals surface area contributed by atoms with Crippen molar-refractivity contribution in [2.45, 2.75) is 26.5 Å². The van der Waals surface area contributed by atoms with E-state index in [1.807, 2.05) is 50.2 Å². The first-order chi connectivity index (χ1) is 10.1. The van der Waals surface area contributed by atoms with Crippen LogP contribution >= 0.6 is 0 Å². The fourth-order valence-corrected chi connectivity index (χ4v) is 2.27. The Morgan fingerprint density at radius 3 is 2.81 bits per heavy atom. The summed E-state index contributed by atoms with van der Waals surface area (Å²) in [7, 11) is 0. The van der Waals surface area contributed by atoms with E-state index in [1.54, 1.807) is 6.07 Å². The van der Waals surface area contributed by atoms with Crippen molar-refractivity contribution in [3.8, 4) is 11.5 Å². The fraction of sp³-hybridized carbons (Fsp3) is 0.235. The number of hydrogen-bond acceptors (Lipinski definition) is 4. The molecule has 1 aliphatic heterocycles. The van der Waals surface area contributed by atoms with Crippen LogP contribution in [0.3, 0.4) is 0 Å². The monoisotopic (exact) mass is 283 g/mol. The molecule has 0 fully saturated rings. The van der Waals surface area contributed by atoms with E-state index in [9.17, 15) is 4.79 Å². The third kappa shape index (κ3) is 2.70. The predicted octanol–water partition coefficient (Wildman–Crippen LogP) is 3.97. The van der Waals surface area contributed by atoms with E-state index in [4.69, 9.17) is 9.47 Å². The van der Waals surface area contributed by atoms with Crippen LogP contribution in [0.4, 0.5) is 5.69 Å². The van der Waals surface area contributed by atoms with Crippen molar-refractivity contribution in [1.82, 2.24) is 0 Å². The van der Waals surface area contributed by atoms with Crippen molar-refractivity contribution < 1.29 is 14.3 Å². The van der Waals surface area contributed by atoms with Gasteiger partial charge in [-0.2, -0.15) is 0 Å². The largest absolute Gasteiger partial charge is 0.459 e. The van der Waals surface area contributed by atoms with Gasteiger partial charge in [0.25, 0.3) is 0 Å². The van der Waals surface area contributed by atoms with Crippen LogP contribution in [0.15, 0.2) is 42.5 Å². The smallest absolute Gasteiger partial charge is 0.342 e. The van der Waals surface area contributed by atoms with Gasteiger partial charge < -0.3 is 14.8 Å². The molecule has 0 amide bonds. The van der Waals surface area contributed by atoms with Crippen LogP contribution < -0.4 is 10.1 Å². The van der Waals surface area contributed by atoms with E-state index in [-0.39, 0.29) is 12.1 Å². The molecule has 4 nitrogen and oxygen atoms in total. The highest BCUT2D eigenvalue weighted by Gasteiger charge is 2.22. The second-order valence-corrected chi connectivity index (χ2v) is 5.20. The van der Waals surface area contributed by atoms with Crippen LogP contribution in [-0.2, 0) is 11.3 Å². The van der Waals surface area contributed by atoms with Gasteiger partial charge in [0.05, 0.1) is 11.8 Å². The molecule has 0 saturated heterocycles. The summed E-state index contributed by atoms with van der Waals surface area (Å²) in [6, 6.07) is 13.2. The molecule has 3 rings (SSSR count). The van der Waals surface area contributed by atoms with Crippen molar-refractivity contribution in [1.29, 1.82) is 0 Å². The molecule has 0 aliphatic carbocycles. The average Bonchev–Trinajstić information content (AvgIpc) is 2.65. The number of esters is 1. The van der Waals surface area contributed by atoms with Gasteiger partial charge in [0, 0.05) is 12.1 Å². The van der Waals surface area contributed by atoms with Gasteiger partial charge in [0.1, 0.15) is 11.3 Å². The standard InChI is InChI=1S/C17H17NO3/c1-11(2)20-17(19)13-7-5-8-14-16(13)21-15-9-4-3-6-12(15)10-18-14/h3-9,11,18H,10H2,1-2H3. The Morgan fingerprint density at radius 1 is 1.19 bits per heavy atom. The van der Waals surface area contributed by atoms with E-state index in [0.29, 0.717) is 17.9 Å². The molecule has 108 valence electrons. The molecule has 0 spiro atoms. The topological polar surface area (TPSA) is 47.6 Å². The van der Waals surface area contributed by atoms with Crippen molar-refractivity contribution in [2.24, 2.45) is 0 Å². The Morgan fingerprint density at radius 2 is 2.00 bits per heavy atom. The van der Waals surface area contributed by atoms with Crippen LogP contribution in [0.2, 0.25) is 0 Å². The van der Waals surface area contributed by atoms with Gasteiger partial charge in [-0.15, -0.1) is 0 Å². The Balaban J connectivity index is 2.03. The van der Waals surface area contributed by atoms with Gasteiger partial charge in [-0.1, -0.05) is 24.3 Å². The van der Waals surface area contributed by atoms with E-state index in [0.717, 1.165) is 17.0 Å². The SMILES string of the molecule is CC(C)OC(=O)c1cccc2c1Oc1ccccc1CN2. The number of ether oxygens (including phenoxy) is 2. The maximum absolute atomic E-state index is 12.2. The van der Waals surface area contributed by atoms with Crippen molar-refractivity contribution in [3.05, 3.63) is 53.6 Å². The second-order valence-electron chi connectivity index (χ2n) is 5.20. The molecule has 1 heterocycles. The van der Waals surface area contributed by atoms with Crippen LogP contribution in [0.1, 0.15) is 29.8 Å². The number of fused-ring (bicyclic) bond motifs is 2. The van der Waals surface area contributed by atoms with Crippen LogP contribution in [0, 0.1) is 0 Å². The quantitative estimate of drug-likeness (QED) is 0.847. The minimum atomic E-state index is -0.372. The van der Waals surface area contributed by atoms with Crippen molar-refractivity contribution >= 4 is 11.7 Å². The molecule has 4 heteroatoms. The first kappa shape index (κ1) is 13.5. The first-order valence-corrected chi connectivity index (χ1v) is 6.99. The Bertz CT molecular complexity index is 679. The third-order valence-electron chi connectivity index (χ3n) is 3.23. The molecule has 1 aliphatic rings. The Hall–Kier alpha value is -2.49. The van der Waals surface area contributed by atoms with Crippen LogP contribution in [-0.4, -0.2) is 12.1 Å². The number of para-hydroxylation sites is 2. The number of carbonyl (C=O) groups is 1. The molecule has 2 aromatic carbocycles. The fourth-order valence-electron chi connectivity index (χ4n) is 2.27. The molecular weight excluding hydrogens is 266 g/mol. The van der Waals surface area contributed by atoms with Gasteiger partial charge in [0.15, 0.2) is 5.75 Å². The maximum Gasteiger partial charge on any atom is 0.342 e. The number of benzene rings is 2. The van der Waals surface area contributed by atoms with Crippen LogP contribution in [0.5, 0.6) is 11.5 Å². The lowest BCUT2D eigenvalue weighted by atomic mass is 10.1. The van der Waals surface area contributed by atoms with Crippen molar-refractivity contribution in [2.75, 3.05) is 5.32 Å². The maximum atomic E-state index is 12.2. The van der Waals surface area contributed by atoms with E-state index >= 15 is 0 Å². The molecule has 0 saturated carbocycles. The van der Waals surface area contributed by atoms with Gasteiger partial charge in [0.2, 0.25) is 0 Å². The molecule has 0 bridgehead atoms. The Kier molecular flexibility index (Phi) is 3.52. The normalized spacial score (nSPS) is 12.5. The highest BCUT2D eigenvalue weighted by atomic mass is 16.5. The lowest BCUT2D eigenvalue weighted by molar-refractivity contribution is 0.0375. The van der Waals surface area contributed by atoms with Crippen LogP contribution in [0.25, 0.3) is 0 Å². The van der Waals surface area contributed by atoms with Gasteiger partial charge in [-0.25, -0.2) is 4.79 Å². The summed E-state index contributed by atoms with van der Waals surface area (Å²) in [6.45, 7) is 4.31. The van der Waals surface area contributed by atoms with E-state index < -0.39 is 0 Å². The Labute approximate surface area is 123 Å². The van der Waals surface area contributed by atoms with Crippen molar-refractivity contribution in [3.63, 3.8) is 0 Å². The second kappa shape index (κ2) is 5.48. The van der Waals surface area contributed by atoms with Gasteiger partial charge in [-0.3, -0.25) is 0 Å². The molecule has 0 radical (unpaired) electrons. The summed E-state index contributed by atoms with van der Waals surface area (Å²) < 4.78 is 11.3. The summed E-state index contributed by atoms with van der Waals surface area (Å²) >= 11 is 0. The molecule has 0 unspecified atom stereocenters. The zero-order chi connectivity index (χ0) is 14.8. The number of rotatable bonds is 2. The lowest BCUT2D eigenvalue weighted by Gasteiger charge is -2.14. The molecule has 0 aromatic heterocycles. The summed E-state index contributed by atoms with van der Waals surface area (Å²) in [5.41, 5.74) is 2.28. The third-order valence-corrected chi connectivity index (χ3v) is 3.23. The number of anilines is 1. The zero-order valence-electron chi connectivity index (χ0n) is 12.1. The van der Waals surface area contributed by atoms with Gasteiger partial charge in [-0.05, 0) is 32.0 Å². The summed E-state index contributed by atoms with van der Waals surface area (Å²) in [5, 5.41) is 3.30. The average molecular weight is 283 g/mol. The minimum Gasteiger partial charge on any atom is -0.459 e. The highest BCUT2D eigenvalue weighted by Crippen LogP contribution is 2.38. The molecule has 1 N–H and O–H groups in total. The predicted molar refractivity (Wildman–Crippen MR) is 80.8 cm³/mol. The zero-order valence-corrected chi connectivity index (χ0v) is 12.1. The molecular formula is C17H17NO3. The number of hydrogen-bond donors (Lipinski definition) is 1. The summed E-state index contributed by atoms with van der Waals surface area (Å²) in [6.07, 6.45) is -0.167. The molecule has 21 heavy (non-hydrogen) atoms. The molecule has 2 aromatic rings. The number of carbonyl (C=O) groups excluding carboxylic acids is 1. The minimum absolute atomic E-state index is 0.167. The summed E-state index contributed by atoms with van der Waals surface area (Å²) in [5.74, 6) is 0.907. The first-order valence-electron chi connectivity index (χ1n) is 6.99. The summed E-state index contributed by atoms with van der Waals surface area (Å²) in [4.78, 5) is 12.2. The van der Waals surface area contributed by atoms with Gasteiger partial charge >= 0.3 is 5.97 Å². The number of nitrogens with one attached hydrogen (secondary N) is 1. The highest BCUT2D eigenvalue weighted by molar-refractivity contribution is 5.95.